The molecule has 116 valence electrons. The molecule has 2 atom stereocenters. The number of aromatic nitrogens is 1. The highest BCUT2D eigenvalue weighted by Gasteiger charge is 2.28. The Morgan fingerprint density at radius 3 is 2.71 bits per heavy atom. The van der Waals surface area contributed by atoms with Crippen molar-refractivity contribution < 1.29 is 19.4 Å². The van der Waals surface area contributed by atoms with Crippen LogP contribution in [0.5, 0.6) is 0 Å². The number of aryl methyl sites for hydroxylation is 1. The van der Waals surface area contributed by atoms with Crippen molar-refractivity contribution in [3.8, 4) is 0 Å². The van der Waals surface area contributed by atoms with Gasteiger partial charge in [0.1, 0.15) is 5.69 Å². The van der Waals surface area contributed by atoms with Gasteiger partial charge in [-0.05, 0) is 32.3 Å². The summed E-state index contributed by atoms with van der Waals surface area (Å²) in [7, 11) is 0. The molecule has 3 N–H and O–H groups in total. The Kier molecular flexibility index (Phi) is 4.67. The first-order valence-electron chi connectivity index (χ1n) is 7.27. The van der Waals surface area contributed by atoms with Crippen LogP contribution in [-0.4, -0.2) is 41.2 Å². The first-order chi connectivity index (χ1) is 9.95. The van der Waals surface area contributed by atoms with Gasteiger partial charge >= 0.3 is 5.97 Å². The van der Waals surface area contributed by atoms with Crippen molar-refractivity contribution in [3.63, 3.8) is 0 Å². The van der Waals surface area contributed by atoms with E-state index in [2.05, 4.69) is 17.2 Å². The van der Waals surface area contributed by atoms with Crippen LogP contribution in [0.25, 0.3) is 0 Å². The minimum absolute atomic E-state index is 0.0771. The Balaban J connectivity index is 2.05. The van der Waals surface area contributed by atoms with Crippen molar-refractivity contribution in [3.05, 3.63) is 22.5 Å². The van der Waals surface area contributed by atoms with Gasteiger partial charge in [0.15, 0.2) is 0 Å². The van der Waals surface area contributed by atoms with Gasteiger partial charge in [-0.15, -0.1) is 0 Å². The zero-order valence-electron chi connectivity index (χ0n) is 12.7. The van der Waals surface area contributed by atoms with E-state index < -0.39 is 5.97 Å². The molecule has 1 saturated heterocycles. The van der Waals surface area contributed by atoms with Crippen LogP contribution in [0.4, 0.5) is 0 Å². The second-order valence-corrected chi connectivity index (χ2v) is 5.51. The monoisotopic (exact) mass is 294 g/mol. The van der Waals surface area contributed by atoms with E-state index in [-0.39, 0.29) is 17.7 Å². The van der Waals surface area contributed by atoms with Gasteiger partial charge in [-0.3, -0.25) is 4.79 Å². The highest BCUT2D eigenvalue weighted by molar-refractivity contribution is 6.00. The molecule has 6 nitrogen and oxygen atoms in total. The van der Waals surface area contributed by atoms with Gasteiger partial charge in [-0.1, -0.05) is 6.92 Å². The first-order valence-corrected chi connectivity index (χ1v) is 7.27. The minimum Gasteiger partial charge on any atom is -0.477 e. The van der Waals surface area contributed by atoms with Gasteiger partial charge < -0.3 is 20.1 Å². The summed E-state index contributed by atoms with van der Waals surface area (Å²) in [6.45, 7) is 6.73. The highest BCUT2D eigenvalue weighted by Crippen LogP contribution is 2.23. The van der Waals surface area contributed by atoms with Gasteiger partial charge in [0.25, 0.3) is 5.91 Å². The molecular formula is C15H22N2O4. The molecule has 0 saturated carbocycles. The predicted molar refractivity (Wildman–Crippen MR) is 77.7 cm³/mol. The molecule has 0 aromatic carbocycles. The van der Waals surface area contributed by atoms with E-state index in [0.29, 0.717) is 29.3 Å². The Labute approximate surface area is 123 Å². The number of hydrogen-bond donors (Lipinski definition) is 3. The van der Waals surface area contributed by atoms with Crippen molar-refractivity contribution in [2.24, 2.45) is 5.92 Å². The van der Waals surface area contributed by atoms with E-state index in [1.165, 1.54) is 0 Å². The highest BCUT2D eigenvalue weighted by atomic mass is 16.5. The van der Waals surface area contributed by atoms with Crippen LogP contribution < -0.4 is 5.32 Å². The maximum Gasteiger partial charge on any atom is 0.352 e. The number of carbonyl (C=O) groups is 2. The summed E-state index contributed by atoms with van der Waals surface area (Å²) in [5.74, 6) is -0.946. The van der Waals surface area contributed by atoms with Gasteiger partial charge in [0.2, 0.25) is 0 Å². The number of nitrogens with one attached hydrogen (secondary N) is 2. The second-order valence-electron chi connectivity index (χ2n) is 5.51. The molecule has 2 heterocycles. The topological polar surface area (TPSA) is 91.4 Å². The Morgan fingerprint density at radius 1 is 1.43 bits per heavy atom. The lowest BCUT2D eigenvalue weighted by Crippen LogP contribution is -2.33. The first kappa shape index (κ1) is 15.6. The van der Waals surface area contributed by atoms with Crippen molar-refractivity contribution >= 4 is 11.9 Å². The quantitative estimate of drug-likeness (QED) is 0.773. The summed E-state index contributed by atoms with van der Waals surface area (Å²) in [4.78, 5) is 26.1. The zero-order valence-corrected chi connectivity index (χ0v) is 12.7. The standard InChI is InChI=1S/C15H22N2O4/c1-4-11-10(5-6-21-11)7-16-14(18)12-8(2)13(15(19)20)17-9(12)3/h10-11,17H,4-7H2,1-3H3,(H,16,18)(H,19,20). The lowest BCUT2D eigenvalue weighted by Gasteiger charge is -2.17. The molecule has 1 aromatic heterocycles. The minimum atomic E-state index is -1.05. The van der Waals surface area contributed by atoms with E-state index in [9.17, 15) is 9.59 Å². The molecule has 21 heavy (non-hydrogen) atoms. The number of carboxylic acid groups (broad SMARTS) is 1. The SMILES string of the molecule is CCC1OCCC1CNC(=O)c1c(C)[nH]c(C(=O)O)c1C. The van der Waals surface area contributed by atoms with E-state index in [1.54, 1.807) is 13.8 Å². The van der Waals surface area contributed by atoms with Gasteiger partial charge in [-0.25, -0.2) is 4.79 Å². The van der Waals surface area contributed by atoms with Crippen LogP contribution in [0.15, 0.2) is 0 Å². The van der Waals surface area contributed by atoms with Gasteiger partial charge in [-0.2, -0.15) is 0 Å². The lowest BCUT2D eigenvalue weighted by molar-refractivity contribution is 0.0690. The van der Waals surface area contributed by atoms with Crippen molar-refractivity contribution in [1.82, 2.24) is 10.3 Å². The number of aromatic amines is 1. The third kappa shape index (κ3) is 3.10. The molecule has 6 heteroatoms. The molecule has 2 unspecified atom stereocenters. The third-order valence-corrected chi connectivity index (χ3v) is 4.15. The van der Waals surface area contributed by atoms with E-state index >= 15 is 0 Å². The molecule has 2 rings (SSSR count). The summed E-state index contributed by atoms with van der Waals surface area (Å²) < 4.78 is 5.60. The number of ether oxygens (including phenoxy) is 1. The summed E-state index contributed by atoms with van der Waals surface area (Å²) in [5.41, 5.74) is 1.57. The number of aromatic carboxylic acids is 1. The molecular weight excluding hydrogens is 272 g/mol. The molecule has 1 aliphatic heterocycles. The molecule has 1 fully saturated rings. The van der Waals surface area contributed by atoms with Crippen LogP contribution in [0.3, 0.4) is 0 Å². The maximum absolute atomic E-state index is 12.3. The normalized spacial score (nSPS) is 21.5. The molecule has 0 bridgehead atoms. The molecule has 0 aliphatic carbocycles. The lowest BCUT2D eigenvalue weighted by atomic mass is 9.99. The smallest absolute Gasteiger partial charge is 0.352 e. The molecule has 1 amide bonds. The number of carbonyl (C=O) groups excluding carboxylic acids is 1. The number of hydrogen-bond acceptors (Lipinski definition) is 3. The zero-order chi connectivity index (χ0) is 15.6. The summed E-state index contributed by atoms with van der Waals surface area (Å²) in [6.07, 6.45) is 2.09. The summed E-state index contributed by atoms with van der Waals surface area (Å²) in [6, 6.07) is 0. The van der Waals surface area contributed by atoms with Crippen molar-refractivity contribution in [2.45, 2.75) is 39.7 Å². The van der Waals surface area contributed by atoms with E-state index in [0.717, 1.165) is 19.4 Å². The van der Waals surface area contributed by atoms with Crippen LogP contribution in [0.2, 0.25) is 0 Å². The fourth-order valence-electron chi connectivity index (χ4n) is 2.99. The van der Waals surface area contributed by atoms with Crippen LogP contribution in [0, 0.1) is 19.8 Å². The molecule has 1 aromatic rings. The largest absolute Gasteiger partial charge is 0.477 e. The predicted octanol–water partition coefficient (Wildman–Crippen LogP) is 1.87. The number of H-pyrrole nitrogens is 1. The number of amides is 1. The molecule has 0 spiro atoms. The van der Waals surface area contributed by atoms with E-state index in [4.69, 9.17) is 9.84 Å². The Bertz CT molecular complexity index is 550. The van der Waals surface area contributed by atoms with E-state index in [1.807, 2.05) is 0 Å². The summed E-state index contributed by atoms with van der Waals surface area (Å²) >= 11 is 0. The second kappa shape index (κ2) is 6.30. The molecule has 0 radical (unpaired) electrons. The van der Waals surface area contributed by atoms with Gasteiger partial charge in [0, 0.05) is 24.8 Å². The molecule has 1 aliphatic rings. The summed E-state index contributed by atoms with van der Waals surface area (Å²) in [5, 5.41) is 12.0. The third-order valence-electron chi connectivity index (χ3n) is 4.15. The fourth-order valence-corrected chi connectivity index (χ4v) is 2.99. The average molecular weight is 294 g/mol. The average Bonchev–Trinajstić information content (AvgIpc) is 3.00. The van der Waals surface area contributed by atoms with Crippen LogP contribution in [0.1, 0.15) is 51.9 Å². The van der Waals surface area contributed by atoms with Crippen LogP contribution in [-0.2, 0) is 4.74 Å². The van der Waals surface area contributed by atoms with Crippen molar-refractivity contribution in [2.75, 3.05) is 13.2 Å². The van der Waals surface area contributed by atoms with Crippen LogP contribution >= 0.6 is 0 Å². The fraction of sp³-hybridized carbons (Fsp3) is 0.600. The number of carboxylic acids is 1. The van der Waals surface area contributed by atoms with Gasteiger partial charge in [0.05, 0.1) is 11.7 Å². The number of rotatable bonds is 5. The maximum atomic E-state index is 12.3. The Morgan fingerprint density at radius 2 is 2.14 bits per heavy atom. The Hall–Kier alpha value is -1.82. The van der Waals surface area contributed by atoms with Crippen molar-refractivity contribution in [1.29, 1.82) is 0 Å².